The van der Waals surface area contributed by atoms with Crippen molar-refractivity contribution < 1.29 is 13.2 Å². The molecule has 0 radical (unpaired) electrons. The van der Waals surface area contributed by atoms with Crippen molar-refractivity contribution in [1.29, 1.82) is 0 Å². The molecule has 0 N–H and O–H groups in total. The minimum Gasteiger partial charge on any atom is -0.472 e. The van der Waals surface area contributed by atoms with Crippen LogP contribution in [0.15, 0.2) is 47.5 Å². The Bertz CT molecular complexity index is 775. The molecule has 0 spiro atoms. The van der Waals surface area contributed by atoms with Gasteiger partial charge in [0.2, 0.25) is 15.9 Å². The van der Waals surface area contributed by atoms with Crippen molar-refractivity contribution in [3.63, 3.8) is 0 Å². The largest absolute Gasteiger partial charge is 0.472 e. The Morgan fingerprint density at radius 1 is 1.14 bits per heavy atom. The van der Waals surface area contributed by atoms with Crippen LogP contribution < -0.4 is 4.74 Å². The zero-order valence-electron chi connectivity index (χ0n) is 11.3. The van der Waals surface area contributed by atoms with Crippen LogP contribution in [0.5, 0.6) is 5.88 Å². The molecule has 8 heteroatoms. The van der Waals surface area contributed by atoms with E-state index in [9.17, 15) is 8.42 Å². The van der Waals surface area contributed by atoms with Crippen molar-refractivity contribution in [2.24, 2.45) is 0 Å². The van der Waals surface area contributed by atoms with Gasteiger partial charge in [-0.1, -0.05) is 29.3 Å². The van der Waals surface area contributed by atoms with Crippen LogP contribution in [0.2, 0.25) is 10.0 Å². The molecule has 0 amide bonds. The molecule has 0 unspecified atom stereocenters. The van der Waals surface area contributed by atoms with Crippen LogP contribution in [0.4, 0.5) is 0 Å². The predicted octanol–water partition coefficient (Wildman–Crippen LogP) is 2.84. The summed E-state index contributed by atoms with van der Waals surface area (Å²) in [7, 11) is -3.53. The number of ether oxygens (including phenoxy) is 1. The van der Waals surface area contributed by atoms with E-state index < -0.39 is 10.0 Å². The van der Waals surface area contributed by atoms with E-state index >= 15 is 0 Å². The molecule has 116 valence electrons. The van der Waals surface area contributed by atoms with E-state index in [1.807, 2.05) is 0 Å². The van der Waals surface area contributed by atoms with Crippen molar-refractivity contribution in [1.82, 2.24) is 9.29 Å². The van der Waals surface area contributed by atoms with Gasteiger partial charge in [0.05, 0.1) is 23.0 Å². The van der Waals surface area contributed by atoms with E-state index in [4.69, 9.17) is 27.9 Å². The van der Waals surface area contributed by atoms with Gasteiger partial charge in [-0.15, -0.1) is 0 Å². The molecule has 3 rings (SSSR count). The van der Waals surface area contributed by atoms with E-state index in [1.165, 1.54) is 22.6 Å². The highest BCUT2D eigenvalue weighted by Crippen LogP contribution is 2.25. The first-order valence-electron chi connectivity index (χ1n) is 6.49. The van der Waals surface area contributed by atoms with Crippen molar-refractivity contribution in [2.45, 2.75) is 11.0 Å². The zero-order chi connectivity index (χ0) is 15.7. The maximum absolute atomic E-state index is 12.4. The highest BCUT2D eigenvalue weighted by molar-refractivity contribution is 7.89. The van der Waals surface area contributed by atoms with Gasteiger partial charge in [-0.3, -0.25) is 0 Å². The van der Waals surface area contributed by atoms with Crippen molar-refractivity contribution >= 4 is 33.2 Å². The fraction of sp³-hybridized carbons (Fsp3) is 0.214. The molecule has 22 heavy (non-hydrogen) atoms. The first-order chi connectivity index (χ1) is 10.4. The molecular formula is C14H12Cl2N2O3S. The van der Waals surface area contributed by atoms with Gasteiger partial charge in [0, 0.05) is 17.3 Å². The van der Waals surface area contributed by atoms with Crippen LogP contribution >= 0.6 is 23.2 Å². The van der Waals surface area contributed by atoms with Crippen LogP contribution in [0, 0.1) is 0 Å². The van der Waals surface area contributed by atoms with Gasteiger partial charge in [-0.25, -0.2) is 13.4 Å². The van der Waals surface area contributed by atoms with Crippen LogP contribution in [-0.4, -0.2) is 36.9 Å². The van der Waals surface area contributed by atoms with Gasteiger partial charge in [0.25, 0.3) is 0 Å². The summed E-state index contributed by atoms with van der Waals surface area (Å²) in [5.74, 6) is 0.425. The predicted molar refractivity (Wildman–Crippen MR) is 83.9 cm³/mol. The summed E-state index contributed by atoms with van der Waals surface area (Å²) in [5.41, 5.74) is 0. The molecule has 2 aromatic rings. The van der Waals surface area contributed by atoms with E-state index in [0.29, 0.717) is 15.9 Å². The first kappa shape index (κ1) is 15.6. The monoisotopic (exact) mass is 358 g/mol. The maximum atomic E-state index is 12.4. The van der Waals surface area contributed by atoms with E-state index in [1.54, 1.807) is 24.3 Å². The molecule has 0 saturated carbocycles. The second-order valence-corrected chi connectivity index (χ2v) is 7.64. The topological polar surface area (TPSA) is 59.5 Å². The number of hydrogen-bond donors (Lipinski definition) is 0. The van der Waals surface area contributed by atoms with Crippen molar-refractivity contribution in [3.05, 3.63) is 52.6 Å². The lowest BCUT2D eigenvalue weighted by molar-refractivity contribution is 0.0721. The number of benzene rings is 1. The fourth-order valence-electron chi connectivity index (χ4n) is 2.05. The Balaban J connectivity index is 1.64. The normalized spacial score (nSPS) is 16.3. The van der Waals surface area contributed by atoms with E-state index in [0.717, 1.165) is 0 Å². The minimum atomic E-state index is -3.53. The third-order valence-corrected chi connectivity index (χ3v) is 5.52. The van der Waals surface area contributed by atoms with Gasteiger partial charge in [0.1, 0.15) is 6.10 Å². The Morgan fingerprint density at radius 2 is 1.91 bits per heavy atom. The third-order valence-electron chi connectivity index (χ3n) is 3.24. The van der Waals surface area contributed by atoms with Crippen LogP contribution in [0.25, 0.3) is 0 Å². The summed E-state index contributed by atoms with van der Waals surface area (Å²) in [6, 6.07) is 9.52. The average Bonchev–Trinajstić information content (AvgIpc) is 2.44. The van der Waals surface area contributed by atoms with Gasteiger partial charge in [-0.05, 0) is 24.3 Å². The molecule has 0 bridgehead atoms. The molecule has 2 heterocycles. The number of rotatable bonds is 4. The smallest absolute Gasteiger partial charge is 0.243 e. The standard InChI is InChI=1S/C14H12Cl2N2O3S/c15-10-2-1-3-13(6-10)22(19,20)18-8-12(9-18)21-14-5-4-11(16)7-17-14/h1-7,12H,8-9H2. The number of halogens is 2. The van der Waals surface area contributed by atoms with Crippen molar-refractivity contribution in [2.75, 3.05) is 13.1 Å². The molecule has 1 aromatic carbocycles. The summed E-state index contributed by atoms with van der Waals surface area (Å²) < 4.78 is 31.7. The highest BCUT2D eigenvalue weighted by atomic mass is 35.5. The van der Waals surface area contributed by atoms with Gasteiger partial charge < -0.3 is 4.74 Å². The number of hydrogen-bond acceptors (Lipinski definition) is 4. The molecule has 5 nitrogen and oxygen atoms in total. The van der Waals surface area contributed by atoms with Crippen LogP contribution in [0.3, 0.4) is 0 Å². The molecular weight excluding hydrogens is 347 g/mol. The summed E-state index contributed by atoms with van der Waals surface area (Å²) in [6.07, 6.45) is 1.26. The second-order valence-electron chi connectivity index (χ2n) is 4.83. The maximum Gasteiger partial charge on any atom is 0.243 e. The molecule has 0 atom stereocenters. The summed E-state index contributed by atoms with van der Waals surface area (Å²) in [5, 5.41) is 0.908. The van der Waals surface area contributed by atoms with Gasteiger partial charge in [-0.2, -0.15) is 4.31 Å². The Labute approximate surface area is 138 Å². The van der Waals surface area contributed by atoms with Crippen LogP contribution in [-0.2, 0) is 10.0 Å². The number of aromatic nitrogens is 1. The number of sulfonamides is 1. The average molecular weight is 359 g/mol. The SMILES string of the molecule is O=S(=O)(c1cccc(Cl)c1)N1CC(Oc2ccc(Cl)cn2)C1. The highest BCUT2D eigenvalue weighted by Gasteiger charge is 2.38. The molecule has 1 aliphatic heterocycles. The Hall–Kier alpha value is -1.34. The molecule has 1 aliphatic rings. The van der Waals surface area contributed by atoms with Gasteiger partial charge in [0.15, 0.2) is 0 Å². The Kier molecular flexibility index (Phi) is 4.27. The zero-order valence-corrected chi connectivity index (χ0v) is 13.6. The second kappa shape index (κ2) is 6.04. The number of pyridine rings is 1. The molecule has 1 aromatic heterocycles. The number of nitrogens with zero attached hydrogens (tertiary/aromatic N) is 2. The quantitative estimate of drug-likeness (QED) is 0.842. The molecule has 1 saturated heterocycles. The van der Waals surface area contributed by atoms with E-state index in [-0.39, 0.29) is 24.1 Å². The minimum absolute atomic E-state index is 0.183. The first-order valence-corrected chi connectivity index (χ1v) is 8.69. The lowest BCUT2D eigenvalue weighted by Gasteiger charge is -2.37. The molecule has 0 aliphatic carbocycles. The van der Waals surface area contributed by atoms with Gasteiger partial charge >= 0.3 is 0 Å². The van der Waals surface area contributed by atoms with E-state index in [2.05, 4.69) is 4.98 Å². The van der Waals surface area contributed by atoms with Crippen molar-refractivity contribution in [3.8, 4) is 5.88 Å². The van der Waals surface area contributed by atoms with Crippen LogP contribution in [0.1, 0.15) is 0 Å². The Morgan fingerprint density at radius 3 is 2.55 bits per heavy atom. The summed E-state index contributed by atoms with van der Waals surface area (Å²) in [4.78, 5) is 4.20. The lowest BCUT2D eigenvalue weighted by Crippen LogP contribution is -2.56. The molecule has 1 fully saturated rings. The lowest BCUT2D eigenvalue weighted by atomic mass is 10.2. The summed E-state index contributed by atoms with van der Waals surface area (Å²) in [6.45, 7) is 0.554. The fourth-order valence-corrected chi connectivity index (χ4v) is 3.97. The third kappa shape index (κ3) is 3.20. The summed E-state index contributed by atoms with van der Waals surface area (Å²) >= 11 is 11.6.